The molecule has 0 unspecified atom stereocenters. The smallest absolute Gasteiger partial charge is 0.446 e. The summed E-state index contributed by atoms with van der Waals surface area (Å²) < 4.78 is 48.1. The van der Waals surface area contributed by atoms with Gasteiger partial charge in [0.05, 0.1) is 13.2 Å². The Hall–Kier alpha value is -2.39. The van der Waals surface area contributed by atoms with Gasteiger partial charge in [-0.05, 0) is 42.4 Å². The Balaban J connectivity index is 1.96. The molecule has 0 saturated carbocycles. The number of carbonyl (C=O) groups is 1. The number of benzene rings is 2. The van der Waals surface area contributed by atoms with Crippen molar-refractivity contribution in [1.29, 1.82) is 0 Å². The van der Waals surface area contributed by atoms with Crippen LogP contribution in [0.3, 0.4) is 0 Å². The third kappa shape index (κ3) is 6.97. The maximum absolute atomic E-state index is 12.4. The van der Waals surface area contributed by atoms with E-state index in [2.05, 4.69) is 5.32 Å². The second-order valence-corrected chi connectivity index (χ2v) is 7.10. The number of halogens is 3. The number of amides is 1. The molecule has 9 heteroatoms. The Labute approximate surface area is 165 Å². The van der Waals surface area contributed by atoms with Gasteiger partial charge in [-0.1, -0.05) is 18.2 Å². The van der Waals surface area contributed by atoms with E-state index in [0.717, 1.165) is 11.1 Å². The largest absolute Gasteiger partial charge is 0.496 e. The van der Waals surface area contributed by atoms with Crippen LogP contribution in [0, 0.1) is 0 Å². The summed E-state index contributed by atoms with van der Waals surface area (Å²) in [5, 5.41) is 2.99. The number of hydrogen-bond donors (Lipinski definition) is 2. The van der Waals surface area contributed by atoms with Crippen LogP contribution >= 0.6 is 11.8 Å². The van der Waals surface area contributed by atoms with Crippen molar-refractivity contribution in [1.82, 2.24) is 5.32 Å². The van der Waals surface area contributed by atoms with Crippen LogP contribution in [0.15, 0.2) is 47.4 Å². The third-order valence-electron chi connectivity index (χ3n) is 3.85. The number of nitrogens with one attached hydrogen (secondary N) is 1. The first-order chi connectivity index (χ1) is 13.2. The molecule has 152 valence electrons. The van der Waals surface area contributed by atoms with E-state index < -0.39 is 17.5 Å². The topological polar surface area (TPSA) is 73.6 Å². The first-order valence-corrected chi connectivity index (χ1v) is 9.16. The zero-order chi connectivity index (χ0) is 20.7. The molecule has 0 aliphatic rings. The quantitative estimate of drug-likeness (QED) is 0.610. The molecular formula is C19H21F3N2O3S. The van der Waals surface area contributed by atoms with Gasteiger partial charge in [-0.25, -0.2) is 0 Å². The van der Waals surface area contributed by atoms with Gasteiger partial charge in [-0.2, -0.15) is 13.2 Å². The highest BCUT2D eigenvalue weighted by molar-refractivity contribution is 8.00. The number of ether oxygens (including phenoxy) is 2. The molecule has 0 aliphatic carbocycles. The predicted molar refractivity (Wildman–Crippen MR) is 101 cm³/mol. The molecular weight excluding hydrogens is 393 g/mol. The zero-order valence-electron chi connectivity index (χ0n) is 15.4. The molecule has 0 saturated heterocycles. The van der Waals surface area contributed by atoms with Crippen LogP contribution in [0.4, 0.5) is 13.2 Å². The average Bonchev–Trinajstić information content (AvgIpc) is 2.64. The highest BCUT2D eigenvalue weighted by atomic mass is 32.2. The lowest BCUT2D eigenvalue weighted by Crippen LogP contribution is -2.38. The van der Waals surface area contributed by atoms with Crippen LogP contribution in [0.2, 0.25) is 0 Å². The number of carbonyl (C=O) groups excluding carboxylic acids is 1. The van der Waals surface area contributed by atoms with Crippen molar-refractivity contribution in [2.75, 3.05) is 7.11 Å². The fourth-order valence-electron chi connectivity index (χ4n) is 2.28. The molecule has 2 rings (SSSR count). The van der Waals surface area contributed by atoms with Gasteiger partial charge in [-0.15, -0.1) is 0 Å². The summed E-state index contributed by atoms with van der Waals surface area (Å²) in [6.07, 6.45) is 0. The summed E-state index contributed by atoms with van der Waals surface area (Å²) in [6, 6.07) is 10.8. The molecule has 3 N–H and O–H groups in total. The fourth-order valence-corrected chi connectivity index (χ4v) is 2.82. The summed E-state index contributed by atoms with van der Waals surface area (Å²) in [5.41, 5.74) is 2.49. The number of rotatable bonds is 9. The first-order valence-electron chi connectivity index (χ1n) is 8.35. The van der Waals surface area contributed by atoms with Gasteiger partial charge in [0.1, 0.15) is 18.1 Å². The third-order valence-corrected chi connectivity index (χ3v) is 4.59. The van der Waals surface area contributed by atoms with Gasteiger partial charge >= 0.3 is 5.51 Å². The molecule has 0 fully saturated rings. The Kier molecular flexibility index (Phi) is 7.59. The summed E-state index contributed by atoms with van der Waals surface area (Å²) in [6.45, 7) is 2.27. The first kappa shape index (κ1) is 21.9. The number of hydrogen-bond acceptors (Lipinski definition) is 5. The van der Waals surface area contributed by atoms with Crippen LogP contribution in [-0.2, 0) is 17.9 Å². The predicted octanol–water partition coefficient (Wildman–Crippen LogP) is 3.85. The second-order valence-electron chi connectivity index (χ2n) is 5.96. The summed E-state index contributed by atoms with van der Waals surface area (Å²) >= 11 is -0.153. The number of thioether (sulfide) groups is 1. The van der Waals surface area contributed by atoms with Crippen molar-refractivity contribution < 1.29 is 27.4 Å². The van der Waals surface area contributed by atoms with Gasteiger partial charge in [0.15, 0.2) is 0 Å². The van der Waals surface area contributed by atoms with E-state index in [9.17, 15) is 18.0 Å². The molecule has 0 aliphatic heterocycles. The molecule has 0 spiro atoms. The van der Waals surface area contributed by atoms with E-state index in [-0.39, 0.29) is 23.3 Å². The van der Waals surface area contributed by atoms with E-state index in [1.54, 1.807) is 37.3 Å². The lowest BCUT2D eigenvalue weighted by molar-refractivity contribution is -0.119. The molecule has 0 bridgehead atoms. The summed E-state index contributed by atoms with van der Waals surface area (Å²) in [5.74, 6) is 0.689. The normalized spacial score (nSPS) is 12.5. The van der Waals surface area contributed by atoms with Crippen LogP contribution in [0.25, 0.3) is 0 Å². The highest BCUT2D eigenvalue weighted by Gasteiger charge is 2.28. The zero-order valence-corrected chi connectivity index (χ0v) is 16.2. The lowest BCUT2D eigenvalue weighted by Gasteiger charge is -2.14. The van der Waals surface area contributed by atoms with E-state index in [0.29, 0.717) is 18.0 Å². The Morgan fingerprint density at radius 3 is 2.46 bits per heavy atom. The van der Waals surface area contributed by atoms with Crippen molar-refractivity contribution in [3.8, 4) is 11.5 Å². The Bertz CT molecular complexity index is 798. The van der Waals surface area contributed by atoms with Gasteiger partial charge in [-0.3, -0.25) is 4.79 Å². The minimum atomic E-state index is -4.31. The van der Waals surface area contributed by atoms with Gasteiger partial charge in [0, 0.05) is 23.1 Å². The molecule has 28 heavy (non-hydrogen) atoms. The maximum Gasteiger partial charge on any atom is 0.446 e. The minimum absolute atomic E-state index is 0.125. The SMILES string of the molecule is COc1cc(OCc2ccc(SC(F)(F)F)cc2)ccc1CN[C@@H](C)C(N)=O. The van der Waals surface area contributed by atoms with E-state index in [1.165, 1.54) is 19.2 Å². The van der Waals surface area contributed by atoms with Crippen LogP contribution in [0.5, 0.6) is 11.5 Å². The molecule has 1 atom stereocenters. The summed E-state index contributed by atoms with van der Waals surface area (Å²) in [4.78, 5) is 11.2. The van der Waals surface area contributed by atoms with E-state index in [1.807, 2.05) is 0 Å². The van der Waals surface area contributed by atoms with Crippen LogP contribution in [-0.4, -0.2) is 24.6 Å². The van der Waals surface area contributed by atoms with Crippen molar-refractivity contribution in [3.63, 3.8) is 0 Å². The van der Waals surface area contributed by atoms with Crippen LogP contribution < -0.4 is 20.5 Å². The number of methoxy groups -OCH3 is 1. The molecule has 1 amide bonds. The molecule has 0 radical (unpaired) electrons. The molecule has 5 nitrogen and oxygen atoms in total. The highest BCUT2D eigenvalue weighted by Crippen LogP contribution is 2.36. The van der Waals surface area contributed by atoms with Gasteiger partial charge in [0.2, 0.25) is 5.91 Å². The van der Waals surface area contributed by atoms with Crippen LogP contribution in [0.1, 0.15) is 18.1 Å². The Morgan fingerprint density at radius 2 is 1.89 bits per heavy atom. The molecule has 2 aromatic rings. The van der Waals surface area contributed by atoms with Crippen molar-refractivity contribution in [2.24, 2.45) is 5.73 Å². The second kappa shape index (κ2) is 9.70. The van der Waals surface area contributed by atoms with E-state index >= 15 is 0 Å². The molecule has 0 heterocycles. The van der Waals surface area contributed by atoms with Crippen molar-refractivity contribution in [2.45, 2.75) is 36.5 Å². The number of primary amides is 1. The van der Waals surface area contributed by atoms with Gasteiger partial charge in [0.25, 0.3) is 0 Å². The monoisotopic (exact) mass is 414 g/mol. The molecule has 2 aromatic carbocycles. The maximum atomic E-state index is 12.4. The van der Waals surface area contributed by atoms with Gasteiger partial charge < -0.3 is 20.5 Å². The van der Waals surface area contributed by atoms with Crippen molar-refractivity contribution in [3.05, 3.63) is 53.6 Å². The number of alkyl halides is 3. The fraction of sp³-hybridized carbons (Fsp3) is 0.316. The number of nitrogens with two attached hydrogens (primary N) is 1. The standard InChI is InChI=1S/C19H21F3N2O3S/c1-12(18(23)25)24-10-14-5-6-15(9-17(14)26-2)27-11-13-3-7-16(8-4-13)28-19(20,21)22/h3-9,12,24H,10-11H2,1-2H3,(H2,23,25)/t12-/m0/s1. The lowest BCUT2D eigenvalue weighted by atomic mass is 10.1. The van der Waals surface area contributed by atoms with Crippen molar-refractivity contribution >= 4 is 17.7 Å². The molecule has 0 aromatic heterocycles. The Morgan fingerprint density at radius 1 is 1.21 bits per heavy atom. The average molecular weight is 414 g/mol. The van der Waals surface area contributed by atoms with E-state index in [4.69, 9.17) is 15.2 Å². The minimum Gasteiger partial charge on any atom is -0.496 e. The summed E-state index contributed by atoms with van der Waals surface area (Å²) in [7, 11) is 1.52.